The summed E-state index contributed by atoms with van der Waals surface area (Å²) in [7, 11) is 0. The summed E-state index contributed by atoms with van der Waals surface area (Å²) in [6, 6.07) is 7.89. The second kappa shape index (κ2) is 9.32. The Bertz CT molecular complexity index is 831. The van der Waals surface area contributed by atoms with Crippen LogP contribution in [-0.2, 0) is 9.53 Å². The zero-order chi connectivity index (χ0) is 20.1. The molecule has 6 nitrogen and oxygen atoms in total. The van der Waals surface area contributed by atoms with Gasteiger partial charge in [-0.1, -0.05) is 29.8 Å². The highest BCUT2D eigenvalue weighted by atomic mass is 32.1. The molecule has 1 aliphatic rings. The third kappa shape index (κ3) is 4.98. The average molecular weight is 403 g/mol. The van der Waals surface area contributed by atoms with Gasteiger partial charge in [0.2, 0.25) is 5.91 Å². The third-order valence-corrected chi connectivity index (χ3v) is 5.63. The molecule has 28 heavy (non-hydrogen) atoms. The summed E-state index contributed by atoms with van der Waals surface area (Å²) >= 11 is 1.32. The highest BCUT2D eigenvalue weighted by molar-refractivity contribution is 7.15. The van der Waals surface area contributed by atoms with E-state index in [0.717, 1.165) is 36.1 Å². The maximum atomic E-state index is 12.6. The summed E-state index contributed by atoms with van der Waals surface area (Å²) < 4.78 is 5.23. The van der Waals surface area contributed by atoms with Crippen LogP contribution in [-0.4, -0.2) is 54.2 Å². The number of piperidine rings is 1. The number of aliphatic hydroxyl groups excluding tert-OH is 1. The normalized spacial score (nSPS) is 17.3. The van der Waals surface area contributed by atoms with Gasteiger partial charge in [0.05, 0.1) is 19.3 Å². The summed E-state index contributed by atoms with van der Waals surface area (Å²) in [5.41, 5.74) is 3.19. The predicted octanol–water partition coefficient (Wildman–Crippen LogP) is 3.30. The van der Waals surface area contributed by atoms with E-state index in [9.17, 15) is 14.7 Å². The molecule has 0 radical (unpaired) electrons. The van der Waals surface area contributed by atoms with Crippen molar-refractivity contribution < 1.29 is 19.4 Å². The summed E-state index contributed by atoms with van der Waals surface area (Å²) in [6.45, 7) is 5.51. The molecule has 1 saturated heterocycles. The van der Waals surface area contributed by atoms with Crippen molar-refractivity contribution in [3.8, 4) is 11.1 Å². The van der Waals surface area contributed by atoms with Gasteiger partial charge in [0.1, 0.15) is 10.6 Å². The molecule has 2 heterocycles. The summed E-state index contributed by atoms with van der Waals surface area (Å²) in [5.74, 6) is -0.639. The van der Waals surface area contributed by atoms with Crippen molar-refractivity contribution in [2.75, 3.05) is 31.6 Å². The maximum Gasteiger partial charge on any atom is 0.341 e. The van der Waals surface area contributed by atoms with Crippen molar-refractivity contribution in [3.63, 3.8) is 0 Å². The van der Waals surface area contributed by atoms with E-state index in [0.29, 0.717) is 17.1 Å². The largest absolute Gasteiger partial charge is 0.462 e. The fourth-order valence-electron chi connectivity index (χ4n) is 3.35. The van der Waals surface area contributed by atoms with Crippen LogP contribution in [0.5, 0.6) is 0 Å². The van der Waals surface area contributed by atoms with E-state index in [4.69, 9.17) is 4.74 Å². The Balaban J connectivity index is 1.80. The van der Waals surface area contributed by atoms with Crippen LogP contribution in [0.25, 0.3) is 11.1 Å². The van der Waals surface area contributed by atoms with Crippen molar-refractivity contribution in [2.24, 2.45) is 0 Å². The van der Waals surface area contributed by atoms with Gasteiger partial charge in [0.25, 0.3) is 0 Å². The molecule has 7 heteroatoms. The van der Waals surface area contributed by atoms with Crippen LogP contribution in [0, 0.1) is 6.92 Å². The number of likely N-dealkylation sites (tertiary alicyclic amines) is 1. The lowest BCUT2D eigenvalue weighted by molar-refractivity contribution is -0.117. The van der Waals surface area contributed by atoms with Crippen molar-refractivity contribution in [2.45, 2.75) is 32.8 Å². The van der Waals surface area contributed by atoms with Gasteiger partial charge in [-0.05, 0) is 38.8 Å². The minimum atomic E-state index is -0.442. The first kappa shape index (κ1) is 20.5. The molecule has 1 amide bonds. The highest BCUT2D eigenvalue weighted by Gasteiger charge is 2.24. The van der Waals surface area contributed by atoms with Crippen LogP contribution in [0.3, 0.4) is 0 Å². The molecule has 0 saturated carbocycles. The van der Waals surface area contributed by atoms with Gasteiger partial charge in [0.15, 0.2) is 0 Å². The first-order valence-corrected chi connectivity index (χ1v) is 10.4. The van der Waals surface area contributed by atoms with Gasteiger partial charge in [-0.3, -0.25) is 9.69 Å². The summed E-state index contributed by atoms with van der Waals surface area (Å²) in [6.07, 6.45) is 1.27. The number of nitrogens with zero attached hydrogens (tertiary/aromatic N) is 1. The van der Waals surface area contributed by atoms with Crippen LogP contribution in [0.1, 0.15) is 35.7 Å². The smallest absolute Gasteiger partial charge is 0.341 e. The van der Waals surface area contributed by atoms with Gasteiger partial charge in [0, 0.05) is 17.5 Å². The third-order valence-electron chi connectivity index (χ3n) is 4.73. The number of nitrogens with one attached hydrogen (secondary N) is 1. The number of rotatable bonds is 6. The zero-order valence-corrected chi connectivity index (χ0v) is 17.1. The van der Waals surface area contributed by atoms with Crippen molar-refractivity contribution in [1.82, 2.24) is 4.90 Å². The first-order chi connectivity index (χ1) is 13.5. The second-order valence-electron chi connectivity index (χ2n) is 7.02. The fraction of sp³-hybridized carbons (Fsp3) is 0.429. The molecule has 3 rings (SSSR count). The maximum absolute atomic E-state index is 12.6. The highest BCUT2D eigenvalue weighted by Crippen LogP contribution is 2.36. The van der Waals surface area contributed by atoms with Gasteiger partial charge in [-0.25, -0.2) is 4.79 Å². The van der Waals surface area contributed by atoms with E-state index in [-0.39, 0.29) is 25.2 Å². The number of esters is 1. The van der Waals surface area contributed by atoms with E-state index in [2.05, 4.69) is 5.32 Å². The number of thiophene rings is 1. The number of benzene rings is 1. The number of hydrogen-bond acceptors (Lipinski definition) is 6. The van der Waals surface area contributed by atoms with Gasteiger partial charge >= 0.3 is 5.97 Å². The lowest BCUT2D eigenvalue weighted by atomic mass is 10.0. The predicted molar refractivity (Wildman–Crippen MR) is 111 cm³/mol. The number of anilines is 1. The molecule has 1 atom stereocenters. The molecular formula is C21H26N2O4S. The molecule has 150 valence electrons. The molecule has 1 aliphatic heterocycles. The first-order valence-electron chi connectivity index (χ1n) is 9.53. The lowest BCUT2D eigenvalue weighted by Gasteiger charge is -2.29. The minimum absolute atomic E-state index is 0.192. The summed E-state index contributed by atoms with van der Waals surface area (Å²) in [5, 5.41) is 15.0. The molecule has 1 aromatic heterocycles. The minimum Gasteiger partial charge on any atom is -0.462 e. The molecule has 1 aromatic carbocycles. The van der Waals surface area contributed by atoms with E-state index >= 15 is 0 Å². The Morgan fingerprint density at radius 1 is 1.32 bits per heavy atom. The standard InChI is InChI=1S/C21H26N2O4S/c1-3-27-21(26)19-17(15-8-6-14(2)7-9-15)13-28-20(19)22-18(25)12-23-10-4-5-16(24)11-23/h6-9,13,16,24H,3-5,10-12H2,1-2H3,(H,22,25). The molecule has 0 aliphatic carbocycles. The number of β-amino-alcohol motifs (C(OH)–C–C–N with tert-alkyl or cyclic N) is 1. The molecule has 0 spiro atoms. The average Bonchev–Trinajstić information content (AvgIpc) is 3.06. The number of carbonyl (C=O) groups is 2. The molecule has 1 unspecified atom stereocenters. The van der Waals surface area contributed by atoms with Crippen molar-refractivity contribution in [1.29, 1.82) is 0 Å². The van der Waals surface area contributed by atoms with Crippen molar-refractivity contribution >= 4 is 28.2 Å². The molecule has 2 aromatic rings. The number of carbonyl (C=O) groups excluding carboxylic acids is 2. The van der Waals surface area contributed by atoms with E-state index in [1.54, 1.807) is 6.92 Å². The van der Waals surface area contributed by atoms with Crippen LogP contribution >= 0.6 is 11.3 Å². The SMILES string of the molecule is CCOC(=O)c1c(-c2ccc(C)cc2)csc1NC(=O)CN1CCCC(O)C1. The number of aliphatic hydroxyl groups is 1. The molecular weight excluding hydrogens is 376 g/mol. The Morgan fingerprint density at radius 3 is 2.75 bits per heavy atom. The van der Waals surface area contributed by atoms with E-state index in [1.807, 2.05) is 41.5 Å². The second-order valence-corrected chi connectivity index (χ2v) is 7.90. The van der Waals surface area contributed by atoms with E-state index < -0.39 is 5.97 Å². The molecule has 2 N–H and O–H groups in total. The number of hydrogen-bond donors (Lipinski definition) is 2. The topological polar surface area (TPSA) is 78.9 Å². The quantitative estimate of drug-likeness (QED) is 0.725. The molecule has 0 bridgehead atoms. The fourth-order valence-corrected chi connectivity index (χ4v) is 4.32. The van der Waals surface area contributed by atoms with Gasteiger partial charge < -0.3 is 15.2 Å². The Hall–Kier alpha value is -2.22. The van der Waals surface area contributed by atoms with Crippen LogP contribution in [0.4, 0.5) is 5.00 Å². The number of aryl methyl sites for hydroxylation is 1. The van der Waals surface area contributed by atoms with Gasteiger partial charge in [-0.15, -0.1) is 11.3 Å². The van der Waals surface area contributed by atoms with Crippen LogP contribution < -0.4 is 5.32 Å². The van der Waals surface area contributed by atoms with Gasteiger partial charge in [-0.2, -0.15) is 0 Å². The van der Waals surface area contributed by atoms with Crippen molar-refractivity contribution in [3.05, 3.63) is 40.8 Å². The Labute approximate surface area is 169 Å². The van der Waals surface area contributed by atoms with Crippen LogP contribution in [0.15, 0.2) is 29.6 Å². The van der Waals surface area contributed by atoms with Crippen LogP contribution in [0.2, 0.25) is 0 Å². The Morgan fingerprint density at radius 2 is 2.07 bits per heavy atom. The number of amides is 1. The number of ether oxygens (including phenoxy) is 1. The monoisotopic (exact) mass is 402 g/mol. The zero-order valence-electron chi connectivity index (χ0n) is 16.2. The molecule has 1 fully saturated rings. The Kier molecular flexibility index (Phi) is 6.83. The lowest BCUT2D eigenvalue weighted by Crippen LogP contribution is -2.42. The summed E-state index contributed by atoms with van der Waals surface area (Å²) in [4.78, 5) is 27.1. The van der Waals surface area contributed by atoms with E-state index in [1.165, 1.54) is 11.3 Å².